The topological polar surface area (TPSA) is 127 Å². The van der Waals surface area contributed by atoms with Gasteiger partial charge in [0.05, 0.1) is 11.5 Å². The van der Waals surface area contributed by atoms with Gasteiger partial charge < -0.3 is 19.9 Å². The van der Waals surface area contributed by atoms with Crippen molar-refractivity contribution >= 4 is 29.2 Å². The minimum atomic E-state index is -0.509. The van der Waals surface area contributed by atoms with Crippen molar-refractivity contribution in [3.8, 4) is 0 Å². The van der Waals surface area contributed by atoms with Crippen molar-refractivity contribution in [1.82, 2.24) is 19.9 Å². The molecule has 1 saturated heterocycles. The molecule has 28 heavy (non-hydrogen) atoms. The van der Waals surface area contributed by atoms with E-state index in [1.807, 2.05) is 13.0 Å². The summed E-state index contributed by atoms with van der Waals surface area (Å²) in [5.41, 5.74) is 0.736. The average Bonchev–Trinajstić information content (AvgIpc) is 2.68. The Morgan fingerprint density at radius 2 is 2.04 bits per heavy atom. The molecule has 0 atom stereocenters. The van der Waals surface area contributed by atoms with Gasteiger partial charge in [0.25, 0.3) is 0 Å². The standard InChI is InChI=1S/C17H21N7O4/c1-3-28-17(25)23-8-6-22(7-9-23)16-14(24(26)27)15(19-11-20-16)21-13-10-12(2)4-5-18-13/h4-5,10-11H,3,6-9H2,1-2H3,(H,18,19,20,21). The monoisotopic (exact) mass is 387 g/mol. The Morgan fingerprint density at radius 1 is 1.29 bits per heavy atom. The number of aromatic nitrogens is 3. The zero-order valence-electron chi connectivity index (χ0n) is 15.7. The van der Waals surface area contributed by atoms with E-state index in [4.69, 9.17) is 4.74 Å². The molecular formula is C17H21N7O4. The number of amides is 1. The maximum Gasteiger partial charge on any atom is 0.409 e. The number of ether oxygens (including phenoxy) is 1. The van der Waals surface area contributed by atoms with Crippen LogP contribution < -0.4 is 10.2 Å². The second kappa shape index (κ2) is 8.46. The highest BCUT2D eigenvalue weighted by Gasteiger charge is 2.30. The van der Waals surface area contributed by atoms with Gasteiger partial charge in [-0.3, -0.25) is 10.1 Å². The second-order valence-corrected chi connectivity index (χ2v) is 6.17. The fourth-order valence-electron chi connectivity index (χ4n) is 2.90. The Balaban J connectivity index is 1.82. The van der Waals surface area contributed by atoms with Gasteiger partial charge in [0, 0.05) is 32.4 Å². The highest BCUT2D eigenvalue weighted by Crippen LogP contribution is 2.33. The summed E-state index contributed by atoms with van der Waals surface area (Å²) >= 11 is 0. The van der Waals surface area contributed by atoms with Crippen LogP contribution in [0.1, 0.15) is 12.5 Å². The summed E-state index contributed by atoms with van der Waals surface area (Å²) in [6.45, 7) is 5.53. The normalized spacial score (nSPS) is 13.9. The van der Waals surface area contributed by atoms with Crippen molar-refractivity contribution < 1.29 is 14.5 Å². The van der Waals surface area contributed by atoms with Crippen LogP contribution in [-0.4, -0.2) is 63.7 Å². The summed E-state index contributed by atoms with van der Waals surface area (Å²) in [6, 6.07) is 3.59. The van der Waals surface area contributed by atoms with Crippen LogP contribution in [0.2, 0.25) is 0 Å². The fraction of sp³-hybridized carbons (Fsp3) is 0.412. The van der Waals surface area contributed by atoms with Gasteiger partial charge in [0.1, 0.15) is 12.1 Å². The van der Waals surface area contributed by atoms with Crippen LogP contribution in [0.4, 0.5) is 27.9 Å². The van der Waals surface area contributed by atoms with Gasteiger partial charge in [-0.15, -0.1) is 0 Å². The summed E-state index contributed by atoms with van der Waals surface area (Å²) in [5.74, 6) is 0.736. The van der Waals surface area contributed by atoms with Crippen LogP contribution in [0.5, 0.6) is 0 Å². The number of carbonyl (C=O) groups excluding carboxylic acids is 1. The van der Waals surface area contributed by atoms with Crippen LogP contribution in [0.15, 0.2) is 24.7 Å². The van der Waals surface area contributed by atoms with Gasteiger partial charge in [0.2, 0.25) is 11.6 Å². The smallest absolute Gasteiger partial charge is 0.409 e. The zero-order chi connectivity index (χ0) is 20.1. The van der Waals surface area contributed by atoms with Crippen molar-refractivity contribution in [2.75, 3.05) is 43.0 Å². The molecule has 0 aliphatic carbocycles. The van der Waals surface area contributed by atoms with Crippen LogP contribution in [0, 0.1) is 17.0 Å². The molecule has 11 heteroatoms. The van der Waals surface area contributed by atoms with Gasteiger partial charge >= 0.3 is 11.8 Å². The maximum atomic E-state index is 11.8. The van der Waals surface area contributed by atoms with E-state index >= 15 is 0 Å². The molecule has 1 fully saturated rings. The molecule has 0 unspecified atom stereocenters. The highest BCUT2D eigenvalue weighted by atomic mass is 16.6. The fourth-order valence-corrected chi connectivity index (χ4v) is 2.90. The number of piperazine rings is 1. The first-order valence-electron chi connectivity index (χ1n) is 8.85. The molecule has 0 spiro atoms. The Kier molecular flexibility index (Phi) is 5.82. The molecule has 3 rings (SSSR count). The number of pyridine rings is 1. The minimum Gasteiger partial charge on any atom is -0.450 e. The number of hydrogen-bond donors (Lipinski definition) is 1. The Labute approximate surface area is 161 Å². The summed E-state index contributed by atoms with van der Waals surface area (Å²) in [6.07, 6.45) is 2.51. The van der Waals surface area contributed by atoms with Crippen LogP contribution in [0.25, 0.3) is 0 Å². The molecule has 1 aliphatic heterocycles. The number of anilines is 3. The number of rotatable bonds is 5. The molecule has 0 bridgehead atoms. The predicted molar refractivity (Wildman–Crippen MR) is 102 cm³/mol. The van der Waals surface area contributed by atoms with Crippen molar-refractivity contribution in [2.45, 2.75) is 13.8 Å². The highest BCUT2D eigenvalue weighted by molar-refractivity contribution is 5.74. The molecule has 1 aliphatic rings. The Hall–Kier alpha value is -3.50. The van der Waals surface area contributed by atoms with Gasteiger partial charge in [-0.05, 0) is 31.5 Å². The van der Waals surface area contributed by atoms with Gasteiger partial charge in [-0.25, -0.2) is 19.7 Å². The largest absolute Gasteiger partial charge is 0.450 e. The first-order valence-corrected chi connectivity index (χ1v) is 8.85. The lowest BCUT2D eigenvalue weighted by atomic mass is 10.3. The lowest BCUT2D eigenvalue weighted by molar-refractivity contribution is -0.383. The van der Waals surface area contributed by atoms with E-state index in [-0.39, 0.29) is 23.4 Å². The number of hydrogen-bond acceptors (Lipinski definition) is 9. The molecule has 2 aromatic rings. The minimum absolute atomic E-state index is 0.0703. The maximum absolute atomic E-state index is 11.8. The summed E-state index contributed by atoms with van der Waals surface area (Å²) in [4.78, 5) is 38.7. The van der Waals surface area contributed by atoms with Crippen LogP contribution >= 0.6 is 0 Å². The molecule has 0 aromatic carbocycles. The number of carbonyl (C=O) groups is 1. The lowest BCUT2D eigenvalue weighted by Crippen LogP contribution is -2.49. The summed E-state index contributed by atoms with van der Waals surface area (Å²) in [5, 5.41) is 14.7. The van der Waals surface area contributed by atoms with E-state index in [9.17, 15) is 14.9 Å². The van der Waals surface area contributed by atoms with E-state index in [1.165, 1.54) is 6.33 Å². The molecule has 11 nitrogen and oxygen atoms in total. The average molecular weight is 387 g/mol. The molecule has 2 aromatic heterocycles. The predicted octanol–water partition coefficient (Wildman–Crippen LogP) is 2.11. The first-order chi connectivity index (χ1) is 13.5. The van der Waals surface area contributed by atoms with Gasteiger partial charge in [0.15, 0.2) is 0 Å². The number of aryl methyl sites for hydroxylation is 1. The van der Waals surface area contributed by atoms with Crippen molar-refractivity contribution in [2.24, 2.45) is 0 Å². The van der Waals surface area contributed by atoms with E-state index in [0.717, 1.165) is 5.56 Å². The summed E-state index contributed by atoms with van der Waals surface area (Å²) in [7, 11) is 0. The van der Waals surface area contributed by atoms with Crippen LogP contribution in [-0.2, 0) is 4.74 Å². The number of nitrogens with zero attached hydrogens (tertiary/aromatic N) is 6. The quantitative estimate of drug-likeness (QED) is 0.606. The molecule has 1 amide bonds. The molecular weight excluding hydrogens is 366 g/mol. The molecule has 0 saturated carbocycles. The van der Waals surface area contributed by atoms with E-state index in [2.05, 4.69) is 20.3 Å². The summed E-state index contributed by atoms with van der Waals surface area (Å²) < 4.78 is 5.00. The SMILES string of the molecule is CCOC(=O)N1CCN(c2ncnc(Nc3cc(C)ccn3)c2[N+](=O)[O-])CC1. The van der Waals surface area contributed by atoms with Gasteiger partial charge in [-0.1, -0.05) is 0 Å². The van der Waals surface area contributed by atoms with Gasteiger partial charge in [-0.2, -0.15) is 0 Å². The third-order valence-corrected chi connectivity index (χ3v) is 4.25. The van der Waals surface area contributed by atoms with E-state index < -0.39 is 4.92 Å². The molecule has 3 heterocycles. The Morgan fingerprint density at radius 3 is 2.68 bits per heavy atom. The van der Waals surface area contributed by atoms with Crippen LogP contribution in [0.3, 0.4) is 0 Å². The number of nitro groups is 1. The first kappa shape index (κ1) is 19.3. The number of nitrogens with one attached hydrogen (secondary N) is 1. The van der Waals surface area contributed by atoms with Crippen molar-refractivity contribution in [3.05, 3.63) is 40.3 Å². The van der Waals surface area contributed by atoms with E-state index in [0.29, 0.717) is 38.6 Å². The van der Waals surface area contributed by atoms with Crippen molar-refractivity contribution in [1.29, 1.82) is 0 Å². The zero-order valence-corrected chi connectivity index (χ0v) is 15.7. The molecule has 1 N–H and O–H groups in total. The third-order valence-electron chi connectivity index (χ3n) is 4.25. The Bertz CT molecular complexity index is 868. The molecule has 148 valence electrons. The van der Waals surface area contributed by atoms with E-state index in [1.54, 1.807) is 29.0 Å². The van der Waals surface area contributed by atoms with Crippen molar-refractivity contribution in [3.63, 3.8) is 0 Å². The second-order valence-electron chi connectivity index (χ2n) is 6.17. The molecule has 0 radical (unpaired) electrons. The lowest BCUT2D eigenvalue weighted by Gasteiger charge is -2.34. The third kappa shape index (κ3) is 4.24.